The molecule has 0 saturated carbocycles. The van der Waals surface area contributed by atoms with Gasteiger partial charge in [-0.1, -0.05) is 12.1 Å². The van der Waals surface area contributed by atoms with E-state index in [1.807, 2.05) is 29.0 Å². The Kier molecular flexibility index (Phi) is 4.96. The van der Waals surface area contributed by atoms with E-state index in [1.165, 1.54) is 12.3 Å². The predicted octanol–water partition coefficient (Wildman–Crippen LogP) is 1.46. The van der Waals surface area contributed by atoms with E-state index in [2.05, 4.69) is 21.4 Å². The number of hydrogen-bond acceptors (Lipinski definition) is 5. The van der Waals surface area contributed by atoms with E-state index < -0.39 is 0 Å². The van der Waals surface area contributed by atoms with Crippen molar-refractivity contribution >= 4 is 5.82 Å². The molecule has 0 unspecified atom stereocenters. The van der Waals surface area contributed by atoms with Gasteiger partial charge in [0.25, 0.3) is 0 Å². The highest BCUT2D eigenvalue weighted by atomic mass is 16.3. The van der Waals surface area contributed by atoms with Crippen molar-refractivity contribution in [2.45, 2.75) is 13.1 Å². The number of aromatic hydroxyl groups is 1. The SMILES string of the molecule is C=CCn1cc(O)c(=O)cc1CN1CCN(c2ccccn2)CC1. The van der Waals surface area contributed by atoms with Crippen LogP contribution in [0.15, 0.2) is 54.1 Å². The van der Waals surface area contributed by atoms with Crippen molar-refractivity contribution in [1.82, 2.24) is 14.5 Å². The molecule has 1 aliphatic heterocycles. The van der Waals surface area contributed by atoms with E-state index in [9.17, 15) is 9.90 Å². The molecule has 6 heteroatoms. The molecule has 1 fully saturated rings. The maximum absolute atomic E-state index is 11.8. The van der Waals surface area contributed by atoms with Crippen LogP contribution >= 0.6 is 0 Å². The van der Waals surface area contributed by atoms with Gasteiger partial charge in [0, 0.05) is 57.2 Å². The zero-order chi connectivity index (χ0) is 16.9. The van der Waals surface area contributed by atoms with Crippen molar-refractivity contribution in [2.75, 3.05) is 31.1 Å². The summed E-state index contributed by atoms with van der Waals surface area (Å²) in [6.07, 6.45) is 5.06. The van der Waals surface area contributed by atoms with Crippen LogP contribution in [0, 0.1) is 0 Å². The maximum Gasteiger partial charge on any atom is 0.223 e. The fourth-order valence-electron chi connectivity index (χ4n) is 2.95. The van der Waals surface area contributed by atoms with E-state index >= 15 is 0 Å². The molecule has 0 bridgehead atoms. The number of rotatable bonds is 5. The first kappa shape index (κ1) is 16.3. The second-order valence-corrected chi connectivity index (χ2v) is 5.91. The second kappa shape index (κ2) is 7.31. The number of aromatic nitrogens is 2. The molecule has 0 atom stereocenters. The van der Waals surface area contributed by atoms with Crippen LogP contribution in [0.4, 0.5) is 5.82 Å². The van der Waals surface area contributed by atoms with E-state index in [-0.39, 0.29) is 11.2 Å². The van der Waals surface area contributed by atoms with Crippen LogP contribution in [-0.2, 0) is 13.1 Å². The minimum absolute atomic E-state index is 0.222. The van der Waals surface area contributed by atoms with Gasteiger partial charge in [0.15, 0.2) is 5.75 Å². The van der Waals surface area contributed by atoms with Crippen molar-refractivity contribution in [3.8, 4) is 5.75 Å². The molecule has 1 saturated heterocycles. The van der Waals surface area contributed by atoms with Crippen molar-refractivity contribution in [3.63, 3.8) is 0 Å². The highest BCUT2D eigenvalue weighted by Gasteiger charge is 2.19. The monoisotopic (exact) mass is 326 g/mol. The highest BCUT2D eigenvalue weighted by molar-refractivity contribution is 5.38. The Hall–Kier alpha value is -2.60. The molecule has 0 radical (unpaired) electrons. The lowest BCUT2D eigenvalue weighted by Crippen LogP contribution is -2.46. The Labute approximate surface area is 141 Å². The third-order valence-electron chi connectivity index (χ3n) is 4.25. The summed E-state index contributed by atoms with van der Waals surface area (Å²) in [6, 6.07) is 7.46. The largest absolute Gasteiger partial charge is 0.503 e. The predicted molar refractivity (Wildman–Crippen MR) is 94.3 cm³/mol. The summed E-state index contributed by atoms with van der Waals surface area (Å²) in [6.45, 7) is 8.59. The van der Waals surface area contributed by atoms with Crippen molar-refractivity contribution in [3.05, 3.63) is 65.2 Å². The van der Waals surface area contributed by atoms with Crippen molar-refractivity contribution in [2.24, 2.45) is 0 Å². The van der Waals surface area contributed by atoms with Crippen LogP contribution in [0.3, 0.4) is 0 Å². The minimum atomic E-state index is -0.336. The van der Waals surface area contributed by atoms with E-state index in [1.54, 1.807) is 6.08 Å². The quantitative estimate of drug-likeness (QED) is 0.843. The van der Waals surface area contributed by atoms with Gasteiger partial charge in [0.2, 0.25) is 5.43 Å². The van der Waals surface area contributed by atoms with Crippen LogP contribution in [0.1, 0.15) is 5.69 Å². The van der Waals surface area contributed by atoms with Gasteiger partial charge in [-0.2, -0.15) is 0 Å². The van der Waals surface area contributed by atoms with E-state index in [4.69, 9.17) is 0 Å². The molecule has 0 amide bonds. The van der Waals surface area contributed by atoms with Gasteiger partial charge in [-0.3, -0.25) is 9.69 Å². The summed E-state index contributed by atoms with van der Waals surface area (Å²) in [4.78, 5) is 20.7. The maximum atomic E-state index is 11.8. The van der Waals surface area contributed by atoms with E-state index in [0.29, 0.717) is 13.1 Å². The normalized spacial score (nSPS) is 15.4. The number of pyridine rings is 2. The molecule has 1 N–H and O–H groups in total. The van der Waals surface area contributed by atoms with Crippen molar-refractivity contribution < 1.29 is 5.11 Å². The number of piperazine rings is 1. The average molecular weight is 326 g/mol. The lowest BCUT2D eigenvalue weighted by atomic mass is 10.2. The van der Waals surface area contributed by atoms with Gasteiger partial charge in [-0.25, -0.2) is 4.98 Å². The third-order valence-corrected chi connectivity index (χ3v) is 4.25. The number of allylic oxidation sites excluding steroid dienone is 1. The Morgan fingerprint density at radius 3 is 2.71 bits per heavy atom. The Morgan fingerprint density at radius 2 is 2.04 bits per heavy atom. The number of nitrogens with zero attached hydrogens (tertiary/aromatic N) is 4. The summed E-state index contributed by atoms with van der Waals surface area (Å²) in [7, 11) is 0. The number of anilines is 1. The first-order valence-corrected chi connectivity index (χ1v) is 8.09. The van der Waals surface area contributed by atoms with Crippen LogP contribution < -0.4 is 10.3 Å². The lowest BCUT2D eigenvalue weighted by molar-refractivity contribution is 0.243. The summed E-state index contributed by atoms with van der Waals surface area (Å²) in [5.74, 6) is 0.783. The first-order valence-electron chi connectivity index (χ1n) is 8.09. The highest BCUT2D eigenvalue weighted by Crippen LogP contribution is 2.15. The van der Waals surface area contributed by atoms with Gasteiger partial charge in [-0.05, 0) is 12.1 Å². The summed E-state index contributed by atoms with van der Waals surface area (Å²) < 4.78 is 1.87. The molecular formula is C18H22N4O2. The topological polar surface area (TPSA) is 61.6 Å². The Balaban J connectivity index is 1.67. The third kappa shape index (κ3) is 3.65. The summed E-state index contributed by atoms with van der Waals surface area (Å²) >= 11 is 0. The molecule has 1 aliphatic rings. The van der Waals surface area contributed by atoms with Gasteiger partial charge in [0.05, 0.1) is 6.20 Å². The summed E-state index contributed by atoms with van der Waals surface area (Å²) in [5, 5.41) is 9.62. The molecular weight excluding hydrogens is 304 g/mol. The van der Waals surface area contributed by atoms with Gasteiger partial charge in [-0.15, -0.1) is 6.58 Å². The molecule has 0 aromatic carbocycles. The fourth-order valence-corrected chi connectivity index (χ4v) is 2.95. The van der Waals surface area contributed by atoms with Crippen LogP contribution in [0.2, 0.25) is 0 Å². The molecule has 0 spiro atoms. The molecule has 2 aromatic heterocycles. The minimum Gasteiger partial charge on any atom is -0.503 e. The summed E-state index contributed by atoms with van der Waals surface area (Å²) in [5.41, 5.74) is 0.557. The molecule has 24 heavy (non-hydrogen) atoms. The van der Waals surface area contributed by atoms with Crippen LogP contribution in [0.5, 0.6) is 5.75 Å². The standard InChI is InChI=1S/C18H22N4O2/c1-2-7-22-14-17(24)16(23)12-15(22)13-20-8-10-21(11-9-20)18-5-3-4-6-19-18/h2-6,12,14,24H,1,7-11,13H2. The molecule has 3 rings (SSSR count). The van der Waals surface area contributed by atoms with Crippen molar-refractivity contribution in [1.29, 1.82) is 0 Å². The number of hydrogen-bond donors (Lipinski definition) is 1. The Bertz CT molecular complexity index is 749. The molecule has 3 heterocycles. The molecule has 126 valence electrons. The van der Waals surface area contributed by atoms with Gasteiger partial charge < -0.3 is 14.6 Å². The second-order valence-electron chi connectivity index (χ2n) is 5.91. The van der Waals surface area contributed by atoms with Crippen LogP contribution in [-0.4, -0.2) is 45.7 Å². The smallest absolute Gasteiger partial charge is 0.223 e. The molecule has 2 aromatic rings. The first-order chi connectivity index (χ1) is 11.7. The molecule has 0 aliphatic carbocycles. The van der Waals surface area contributed by atoms with Crippen LogP contribution in [0.25, 0.3) is 0 Å². The Morgan fingerprint density at radius 1 is 1.25 bits per heavy atom. The fraction of sp³-hybridized carbons (Fsp3) is 0.333. The van der Waals surface area contributed by atoms with Gasteiger partial charge >= 0.3 is 0 Å². The molecule has 6 nitrogen and oxygen atoms in total. The van der Waals surface area contributed by atoms with E-state index in [0.717, 1.165) is 37.7 Å². The zero-order valence-electron chi connectivity index (χ0n) is 13.6. The van der Waals surface area contributed by atoms with Gasteiger partial charge in [0.1, 0.15) is 5.82 Å². The average Bonchev–Trinajstić information content (AvgIpc) is 2.61. The zero-order valence-corrected chi connectivity index (χ0v) is 13.6. The lowest BCUT2D eigenvalue weighted by Gasteiger charge is -2.35.